The summed E-state index contributed by atoms with van der Waals surface area (Å²) in [5.41, 5.74) is -0.314. The lowest BCUT2D eigenvalue weighted by Crippen LogP contribution is -2.38. The van der Waals surface area contributed by atoms with Gasteiger partial charge >= 0.3 is 5.97 Å². The summed E-state index contributed by atoms with van der Waals surface area (Å²) >= 11 is 0. The van der Waals surface area contributed by atoms with Gasteiger partial charge in [0.15, 0.2) is 0 Å². The van der Waals surface area contributed by atoms with Crippen molar-refractivity contribution in [3.05, 3.63) is 0 Å². The number of methoxy groups -OCH3 is 1. The van der Waals surface area contributed by atoms with Crippen LogP contribution in [0.15, 0.2) is 0 Å². The molecule has 0 amide bonds. The zero-order valence-corrected chi connectivity index (χ0v) is 13.4. The van der Waals surface area contributed by atoms with Gasteiger partial charge in [0, 0.05) is 13.0 Å². The van der Waals surface area contributed by atoms with Crippen LogP contribution >= 0.6 is 0 Å². The Hall–Kier alpha value is -0.570. The molecule has 0 saturated heterocycles. The third-order valence-corrected chi connectivity index (χ3v) is 4.67. The molecule has 1 aliphatic rings. The van der Waals surface area contributed by atoms with Crippen molar-refractivity contribution >= 4 is 5.97 Å². The van der Waals surface area contributed by atoms with E-state index in [1.165, 1.54) is 0 Å². The third kappa shape index (κ3) is 3.95. The molecule has 0 radical (unpaired) electrons. The van der Waals surface area contributed by atoms with Crippen molar-refractivity contribution in [2.75, 3.05) is 13.7 Å². The molecule has 0 aromatic rings. The van der Waals surface area contributed by atoms with Gasteiger partial charge in [-0.3, -0.25) is 4.79 Å². The van der Waals surface area contributed by atoms with Crippen molar-refractivity contribution in [1.29, 1.82) is 0 Å². The molecule has 0 N–H and O–H groups in total. The fourth-order valence-corrected chi connectivity index (χ4v) is 2.88. The maximum atomic E-state index is 12.2. The Bertz CT molecular complexity index is 307. The second-order valence-electron chi connectivity index (χ2n) is 7.14. The van der Waals surface area contributed by atoms with Crippen molar-refractivity contribution in [2.24, 2.45) is 16.7 Å². The molecule has 0 heterocycles. The van der Waals surface area contributed by atoms with Crippen LogP contribution < -0.4 is 0 Å². The lowest BCUT2D eigenvalue weighted by Gasteiger charge is -2.36. The molecule has 0 aromatic carbocycles. The molecule has 1 fully saturated rings. The van der Waals surface area contributed by atoms with E-state index in [0.717, 1.165) is 25.7 Å². The van der Waals surface area contributed by atoms with E-state index in [4.69, 9.17) is 9.47 Å². The Morgan fingerprint density at radius 3 is 2.37 bits per heavy atom. The van der Waals surface area contributed by atoms with E-state index in [0.29, 0.717) is 12.5 Å². The summed E-state index contributed by atoms with van der Waals surface area (Å²) in [5, 5.41) is 0. The molecule has 1 saturated carbocycles. The molecule has 2 unspecified atom stereocenters. The summed E-state index contributed by atoms with van der Waals surface area (Å²) in [4.78, 5) is 12.2. The largest absolute Gasteiger partial charge is 0.462 e. The van der Waals surface area contributed by atoms with Gasteiger partial charge in [-0.15, -0.1) is 0 Å². The molecule has 0 aliphatic heterocycles. The van der Waals surface area contributed by atoms with Gasteiger partial charge in [0.25, 0.3) is 0 Å². The number of hydrogen-bond donors (Lipinski definition) is 0. The quantitative estimate of drug-likeness (QED) is 0.689. The fraction of sp³-hybridized carbons (Fsp3) is 0.938. The first-order valence-corrected chi connectivity index (χ1v) is 7.44. The second-order valence-corrected chi connectivity index (χ2v) is 7.14. The summed E-state index contributed by atoms with van der Waals surface area (Å²) in [5.74, 6) is 0.351. The zero-order chi connectivity index (χ0) is 14.7. The van der Waals surface area contributed by atoms with Crippen LogP contribution in [0.2, 0.25) is 0 Å². The van der Waals surface area contributed by atoms with Gasteiger partial charge in [0.1, 0.15) is 6.10 Å². The number of carbonyl (C=O) groups is 1. The van der Waals surface area contributed by atoms with Crippen LogP contribution in [-0.4, -0.2) is 25.8 Å². The van der Waals surface area contributed by atoms with E-state index in [2.05, 4.69) is 13.8 Å². The summed E-state index contributed by atoms with van der Waals surface area (Å²) in [6.07, 6.45) is 4.13. The number of rotatable bonds is 6. The molecule has 3 nitrogen and oxygen atoms in total. The van der Waals surface area contributed by atoms with Gasteiger partial charge in [-0.1, -0.05) is 20.8 Å². The Morgan fingerprint density at radius 1 is 1.21 bits per heavy atom. The average molecular weight is 270 g/mol. The Labute approximate surface area is 118 Å². The summed E-state index contributed by atoms with van der Waals surface area (Å²) in [6.45, 7) is 11.1. The van der Waals surface area contributed by atoms with Crippen LogP contribution in [0.3, 0.4) is 0 Å². The Morgan fingerprint density at radius 2 is 1.84 bits per heavy atom. The van der Waals surface area contributed by atoms with Crippen LogP contribution in [0.25, 0.3) is 0 Å². The molecule has 2 atom stereocenters. The molecule has 0 aromatic heterocycles. The van der Waals surface area contributed by atoms with Gasteiger partial charge in [-0.05, 0) is 44.9 Å². The van der Waals surface area contributed by atoms with Crippen LogP contribution in [0.5, 0.6) is 0 Å². The first kappa shape index (κ1) is 16.5. The smallest absolute Gasteiger partial charge is 0.311 e. The van der Waals surface area contributed by atoms with E-state index < -0.39 is 0 Å². The third-order valence-electron chi connectivity index (χ3n) is 4.67. The number of carbonyl (C=O) groups excluding carboxylic acids is 1. The predicted octanol–water partition coefficient (Wildman–Crippen LogP) is 3.81. The van der Waals surface area contributed by atoms with Crippen molar-refractivity contribution in [2.45, 2.75) is 66.4 Å². The monoisotopic (exact) mass is 270 g/mol. The van der Waals surface area contributed by atoms with Gasteiger partial charge in [0.05, 0.1) is 12.0 Å². The van der Waals surface area contributed by atoms with Crippen LogP contribution in [0.1, 0.15) is 60.3 Å². The maximum Gasteiger partial charge on any atom is 0.311 e. The molecule has 19 heavy (non-hydrogen) atoms. The molecular weight excluding hydrogens is 240 g/mol. The number of esters is 1. The standard InChI is InChI=1S/C16H30O3/c1-7-15(2,3)14(17)19-13-10-8-9-12(13)16(4,5)11-18-6/h12-13H,7-11H2,1-6H3. The van der Waals surface area contributed by atoms with E-state index in [1.807, 2.05) is 20.8 Å². The molecular formula is C16H30O3. The molecule has 1 rings (SSSR count). The summed E-state index contributed by atoms with van der Waals surface area (Å²) < 4.78 is 11.1. The second kappa shape index (κ2) is 6.25. The first-order chi connectivity index (χ1) is 8.74. The first-order valence-electron chi connectivity index (χ1n) is 7.44. The number of ether oxygens (including phenoxy) is 2. The lowest BCUT2D eigenvalue weighted by molar-refractivity contribution is -0.164. The van der Waals surface area contributed by atoms with Crippen LogP contribution in [-0.2, 0) is 14.3 Å². The maximum absolute atomic E-state index is 12.2. The Kier molecular flexibility index (Phi) is 5.43. The topological polar surface area (TPSA) is 35.5 Å². The van der Waals surface area contributed by atoms with E-state index in [-0.39, 0.29) is 22.9 Å². The predicted molar refractivity (Wildman–Crippen MR) is 77.0 cm³/mol. The number of hydrogen-bond acceptors (Lipinski definition) is 3. The van der Waals surface area contributed by atoms with E-state index in [1.54, 1.807) is 7.11 Å². The lowest BCUT2D eigenvalue weighted by atomic mass is 9.77. The minimum atomic E-state index is -0.376. The van der Waals surface area contributed by atoms with E-state index >= 15 is 0 Å². The van der Waals surface area contributed by atoms with Gasteiger partial charge in [-0.25, -0.2) is 0 Å². The van der Waals surface area contributed by atoms with Crippen molar-refractivity contribution in [3.8, 4) is 0 Å². The highest BCUT2D eigenvalue weighted by molar-refractivity contribution is 5.76. The summed E-state index contributed by atoms with van der Waals surface area (Å²) in [7, 11) is 1.73. The SMILES string of the molecule is CCC(C)(C)C(=O)OC1CCCC1C(C)(C)COC. The molecule has 0 bridgehead atoms. The van der Waals surface area contributed by atoms with Crippen molar-refractivity contribution in [3.63, 3.8) is 0 Å². The van der Waals surface area contributed by atoms with Crippen LogP contribution in [0.4, 0.5) is 0 Å². The minimum absolute atomic E-state index is 0.0554. The van der Waals surface area contributed by atoms with Gasteiger partial charge in [-0.2, -0.15) is 0 Å². The van der Waals surface area contributed by atoms with Gasteiger partial charge < -0.3 is 9.47 Å². The highest BCUT2D eigenvalue weighted by Gasteiger charge is 2.42. The highest BCUT2D eigenvalue weighted by Crippen LogP contribution is 2.42. The minimum Gasteiger partial charge on any atom is -0.462 e. The fourth-order valence-electron chi connectivity index (χ4n) is 2.88. The summed E-state index contributed by atoms with van der Waals surface area (Å²) in [6, 6.07) is 0. The van der Waals surface area contributed by atoms with E-state index in [9.17, 15) is 4.79 Å². The molecule has 0 spiro atoms. The normalized spacial score (nSPS) is 24.5. The van der Waals surface area contributed by atoms with Crippen molar-refractivity contribution in [1.82, 2.24) is 0 Å². The highest BCUT2D eigenvalue weighted by atomic mass is 16.5. The van der Waals surface area contributed by atoms with Crippen LogP contribution in [0, 0.1) is 16.7 Å². The molecule has 112 valence electrons. The molecule has 1 aliphatic carbocycles. The van der Waals surface area contributed by atoms with Crippen molar-refractivity contribution < 1.29 is 14.3 Å². The zero-order valence-electron chi connectivity index (χ0n) is 13.4. The molecule has 3 heteroatoms. The Balaban J connectivity index is 2.70. The average Bonchev–Trinajstić information content (AvgIpc) is 2.77. The van der Waals surface area contributed by atoms with Gasteiger partial charge in [0.2, 0.25) is 0 Å².